The van der Waals surface area contributed by atoms with E-state index in [2.05, 4.69) is 10.5 Å². The number of carbonyl (C=O) groups is 2. The van der Waals surface area contributed by atoms with Crippen molar-refractivity contribution in [1.82, 2.24) is 5.16 Å². The molecule has 1 aromatic heterocycles. The minimum absolute atomic E-state index is 0.0169. The number of nitrogens with zero attached hydrogens (tertiary/aromatic N) is 1. The van der Waals surface area contributed by atoms with Gasteiger partial charge in [-0.3, -0.25) is 4.79 Å². The van der Waals surface area contributed by atoms with Gasteiger partial charge in [0.2, 0.25) is 5.69 Å². The van der Waals surface area contributed by atoms with Crippen molar-refractivity contribution in [2.45, 2.75) is 13.8 Å². The van der Waals surface area contributed by atoms with E-state index in [0.717, 1.165) is 0 Å². The second kappa shape index (κ2) is 6.08. The lowest BCUT2D eigenvalue weighted by Gasteiger charge is -2.07. The summed E-state index contributed by atoms with van der Waals surface area (Å²) >= 11 is 0. The van der Waals surface area contributed by atoms with Gasteiger partial charge in [0.25, 0.3) is 5.91 Å². The van der Waals surface area contributed by atoms with Gasteiger partial charge in [-0.1, -0.05) is 17.3 Å². The second-order valence-corrected chi connectivity index (χ2v) is 4.15. The molecule has 0 aliphatic carbocycles. The van der Waals surface area contributed by atoms with Crippen LogP contribution in [0.2, 0.25) is 0 Å². The van der Waals surface area contributed by atoms with E-state index in [-0.39, 0.29) is 35.1 Å². The summed E-state index contributed by atoms with van der Waals surface area (Å²) in [6, 6.07) is 6.24. The number of nitrogens with one attached hydrogen (secondary N) is 1. The molecule has 1 heterocycles. The Balaban J connectivity index is 2.29. The molecule has 0 aliphatic heterocycles. The summed E-state index contributed by atoms with van der Waals surface area (Å²) in [5.41, 5.74) is 0.0110. The Hall–Kier alpha value is -2.83. The highest BCUT2D eigenvalue weighted by molar-refractivity contribution is 6.11. The highest BCUT2D eigenvalue weighted by Crippen LogP contribution is 2.23. The summed E-state index contributed by atoms with van der Waals surface area (Å²) in [5.74, 6) is -1.25. The first-order chi connectivity index (χ1) is 10.0. The molecule has 2 rings (SSSR count). The molecule has 1 amide bonds. The molecule has 1 aromatic carbocycles. The summed E-state index contributed by atoms with van der Waals surface area (Å²) in [6.45, 7) is 3.31. The number of phenols is 1. The SMILES string of the molecule is CCOC(=O)c1noc(C)c1C(=O)Nc1ccccc1O. The summed E-state index contributed by atoms with van der Waals surface area (Å²) in [7, 11) is 0. The van der Waals surface area contributed by atoms with Gasteiger partial charge in [0.1, 0.15) is 17.1 Å². The van der Waals surface area contributed by atoms with Crippen LogP contribution in [0.4, 0.5) is 5.69 Å². The Kier molecular flexibility index (Phi) is 4.22. The van der Waals surface area contributed by atoms with Crippen molar-refractivity contribution < 1.29 is 24.0 Å². The van der Waals surface area contributed by atoms with E-state index in [1.807, 2.05) is 0 Å². The zero-order chi connectivity index (χ0) is 15.4. The molecule has 0 atom stereocenters. The number of phenolic OH excluding ortho intramolecular Hbond substituents is 1. The molecule has 0 unspecified atom stereocenters. The number of aryl methyl sites for hydroxylation is 1. The molecule has 2 N–H and O–H groups in total. The van der Waals surface area contributed by atoms with E-state index in [1.165, 1.54) is 19.1 Å². The van der Waals surface area contributed by atoms with Crippen LogP contribution in [0.25, 0.3) is 0 Å². The van der Waals surface area contributed by atoms with Gasteiger partial charge in [-0.15, -0.1) is 0 Å². The predicted octanol–water partition coefficient (Wildman–Crippen LogP) is 2.12. The van der Waals surface area contributed by atoms with E-state index in [4.69, 9.17) is 9.26 Å². The number of aromatic hydroxyl groups is 1. The fraction of sp³-hybridized carbons (Fsp3) is 0.214. The van der Waals surface area contributed by atoms with Gasteiger partial charge in [-0.05, 0) is 26.0 Å². The molecule has 0 fully saturated rings. The molecule has 0 saturated carbocycles. The number of anilines is 1. The summed E-state index contributed by atoms with van der Waals surface area (Å²) in [5, 5.41) is 15.7. The van der Waals surface area contributed by atoms with Crippen molar-refractivity contribution >= 4 is 17.6 Å². The fourth-order valence-corrected chi connectivity index (χ4v) is 1.74. The fourth-order valence-electron chi connectivity index (χ4n) is 1.74. The maximum atomic E-state index is 12.2. The van der Waals surface area contributed by atoms with Crippen LogP contribution >= 0.6 is 0 Å². The van der Waals surface area contributed by atoms with Gasteiger partial charge in [0.05, 0.1) is 12.3 Å². The first-order valence-electron chi connectivity index (χ1n) is 6.27. The average molecular weight is 290 g/mol. The lowest BCUT2D eigenvalue weighted by atomic mass is 10.1. The molecular weight excluding hydrogens is 276 g/mol. The van der Waals surface area contributed by atoms with Crippen molar-refractivity contribution in [3.05, 3.63) is 41.3 Å². The Morgan fingerprint density at radius 2 is 2.10 bits per heavy atom. The van der Waals surface area contributed by atoms with Crippen molar-refractivity contribution in [3.8, 4) is 5.75 Å². The molecule has 0 bridgehead atoms. The van der Waals surface area contributed by atoms with Crippen LogP contribution in [-0.4, -0.2) is 28.7 Å². The highest BCUT2D eigenvalue weighted by Gasteiger charge is 2.26. The van der Waals surface area contributed by atoms with Crippen LogP contribution in [-0.2, 0) is 4.74 Å². The minimum Gasteiger partial charge on any atom is -0.506 e. The number of esters is 1. The number of hydrogen-bond donors (Lipinski definition) is 2. The third kappa shape index (κ3) is 3.02. The average Bonchev–Trinajstić information content (AvgIpc) is 2.83. The van der Waals surface area contributed by atoms with E-state index < -0.39 is 11.9 Å². The lowest BCUT2D eigenvalue weighted by Crippen LogP contribution is -2.17. The molecule has 110 valence electrons. The first kappa shape index (κ1) is 14.6. The van der Waals surface area contributed by atoms with Crippen LogP contribution < -0.4 is 5.32 Å². The van der Waals surface area contributed by atoms with Crippen LogP contribution in [0.15, 0.2) is 28.8 Å². The predicted molar refractivity (Wildman–Crippen MR) is 73.3 cm³/mol. The van der Waals surface area contributed by atoms with Crippen LogP contribution in [0.1, 0.15) is 33.5 Å². The van der Waals surface area contributed by atoms with Crippen molar-refractivity contribution in [3.63, 3.8) is 0 Å². The zero-order valence-electron chi connectivity index (χ0n) is 11.5. The number of amides is 1. The van der Waals surface area contributed by atoms with Crippen molar-refractivity contribution in [2.24, 2.45) is 0 Å². The van der Waals surface area contributed by atoms with Gasteiger partial charge < -0.3 is 19.7 Å². The van der Waals surface area contributed by atoms with E-state index in [9.17, 15) is 14.7 Å². The van der Waals surface area contributed by atoms with Gasteiger partial charge in [0, 0.05) is 0 Å². The second-order valence-electron chi connectivity index (χ2n) is 4.15. The molecule has 0 aliphatic rings. The molecule has 0 saturated heterocycles. The number of rotatable bonds is 4. The summed E-state index contributed by atoms with van der Waals surface area (Å²) in [6.07, 6.45) is 0. The third-order valence-electron chi connectivity index (χ3n) is 2.71. The van der Waals surface area contributed by atoms with Crippen LogP contribution in [0, 0.1) is 6.92 Å². The quantitative estimate of drug-likeness (QED) is 0.660. The summed E-state index contributed by atoms with van der Waals surface area (Å²) < 4.78 is 9.69. The largest absolute Gasteiger partial charge is 0.506 e. The zero-order valence-corrected chi connectivity index (χ0v) is 11.5. The number of para-hydroxylation sites is 2. The number of benzene rings is 1. The molecule has 0 radical (unpaired) electrons. The van der Waals surface area contributed by atoms with E-state index in [0.29, 0.717) is 0 Å². The summed E-state index contributed by atoms with van der Waals surface area (Å²) in [4.78, 5) is 24.0. The van der Waals surface area contributed by atoms with Crippen LogP contribution in [0.5, 0.6) is 5.75 Å². The van der Waals surface area contributed by atoms with Gasteiger partial charge in [0.15, 0.2) is 0 Å². The Morgan fingerprint density at radius 1 is 1.38 bits per heavy atom. The number of ether oxygens (including phenoxy) is 1. The van der Waals surface area contributed by atoms with Gasteiger partial charge >= 0.3 is 5.97 Å². The number of hydrogen-bond acceptors (Lipinski definition) is 6. The van der Waals surface area contributed by atoms with Crippen molar-refractivity contribution in [1.29, 1.82) is 0 Å². The molecule has 21 heavy (non-hydrogen) atoms. The first-order valence-corrected chi connectivity index (χ1v) is 6.27. The Bertz CT molecular complexity index is 678. The molecule has 7 heteroatoms. The van der Waals surface area contributed by atoms with Gasteiger partial charge in [-0.25, -0.2) is 4.79 Å². The monoisotopic (exact) mass is 290 g/mol. The molecule has 7 nitrogen and oxygen atoms in total. The molecule has 2 aromatic rings. The number of aromatic nitrogens is 1. The maximum Gasteiger partial charge on any atom is 0.361 e. The third-order valence-corrected chi connectivity index (χ3v) is 2.71. The highest BCUT2D eigenvalue weighted by atomic mass is 16.5. The van der Waals surface area contributed by atoms with Gasteiger partial charge in [-0.2, -0.15) is 0 Å². The van der Waals surface area contributed by atoms with E-state index in [1.54, 1.807) is 19.1 Å². The topological polar surface area (TPSA) is 102 Å². The smallest absolute Gasteiger partial charge is 0.361 e. The minimum atomic E-state index is -0.739. The Labute approximate surface area is 120 Å². The Morgan fingerprint density at radius 3 is 2.76 bits per heavy atom. The lowest BCUT2D eigenvalue weighted by molar-refractivity contribution is 0.0512. The van der Waals surface area contributed by atoms with Crippen molar-refractivity contribution in [2.75, 3.05) is 11.9 Å². The number of carbonyl (C=O) groups excluding carboxylic acids is 2. The normalized spacial score (nSPS) is 10.2. The molecular formula is C14H14N2O5. The maximum absolute atomic E-state index is 12.2. The van der Waals surface area contributed by atoms with Crippen LogP contribution in [0.3, 0.4) is 0 Å². The van der Waals surface area contributed by atoms with E-state index >= 15 is 0 Å². The standard InChI is InChI=1S/C14H14N2O5/c1-3-20-14(19)12-11(8(2)21-16-12)13(18)15-9-6-4-5-7-10(9)17/h4-7,17H,3H2,1-2H3,(H,15,18). The molecule has 0 spiro atoms.